The van der Waals surface area contributed by atoms with Crippen molar-refractivity contribution in [2.45, 2.75) is 57.8 Å². The minimum Gasteiger partial charge on any atom is -0.488 e. The Hall–Kier alpha value is -3.17. The van der Waals surface area contributed by atoms with Crippen LogP contribution in [0.15, 0.2) is 12.1 Å². The Labute approximate surface area is 191 Å². The van der Waals surface area contributed by atoms with Crippen molar-refractivity contribution in [1.29, 1.82) is 0 Å². The first kappa shape index (κ1) is 21.7. The van der Waals surface area contributed by atoms with Crippen molar-refractivity contribution in [3.63, 3.8) is 0 Å². The van der Waals surface area contributed by atoms with E-state index in [4.69, 9.17) is 9.47 Å². The minimum absolute atomic E-state index is 0.0510. The number of pyridine rings is 1. The van der Waals surface area contributed by atoms with Crippen molar-refractivity contribution < 1.29 is 24.2 Å². The van der Waals surface area contributed by atoms with Crippen LogP contribution >= 0.6 is 0 Å². The highest BCUT2D eigenvalue weighted by Crippen LogP contribution is 2.58. The minimum atomic E-state index is -0.724. The molecule has 2 aromatic heterocycles. The molecule has 2 aromatic rings. The SMILES string of the molecule is Cc1nc(-c2nnn(C)c2COC(=O)N(C)C2CCC2)ccc1O[C@@H]1CC[C@H]2C(C(=O)O)[C@@H]12. The van der Waals surface area contributed by atoms with E-state index in [1.165, 1.54) is 0 Å². The fourth-order valence-electron chi connectivity index (χ4n) is 5.17. The number of ether oxygens (including phenoxy) is 2. The lowest BCUT2D eigenvalue weighted by atomic mass is 9.92. The van der Waals surface area contributed by atoms with Gasteiger partial charge in [-0.2, -0.15) is 0 Å². The van der Waals surface area contributed by atoms with Gasteiger partial charge in [0.05, 0.1) is 17.3 Å². The third-order valence-electron chi connectivity index (χ3n) is 7.47. The van der Waals surface area contributed by atoms with E-state index in [1.807, 2.05) is 19.1 Å². The fourth-order valence-corrected chi connectivity index (χ4v) is 5.17. The van der Waals surface area contributed by atoms with Crippen LogP contribution in [-0.2, 0) is 23.2 Å². The van der Waals surface area contributed by atoms with Gasteiger partial charge in [0.25, 0.3) is 0 Å². The number of carbonyl (C=O) groups excluding carboxylic acids is 1. The summed E-state index contributed by atoms with van der Waals surface area (Å²) in [5.41, 5.74) is 2.53. The summed E-state index contributed by atoms with van der Waals surface area (Å²) in [4.78, 5) is 30.0. The Morgan fingerprint density at radius 3 is 2.67 bits per heavy atom. The summed E-state index contributed by atoms with van der Waals surface area (Å²) in [7, 11) is 3.52. The predicted octanol–water partition coefficient (Wildman–Crippen LogP) is 2.79. The molecular weight excluding hydrogens is 426 g/mol. The van der Waals surface area contributed by atoms with Gasteiger partial charge in [0, 0.05) is 26.1 Å². The van der Waals surface area contributed by atoms with Crippen LogP contribution < -0.4 is 4.74 Å². The lowest BCUT2D eigenvalue weighted by Gasteiger charge is -2.33. The van der Waals surface area contributed by atoms with E-state index in [-0.39, 0.29) is 42.6 Å². The number of amides is 1. The first-order chi connectivity index (χ1) is 15.8. The van der Waals surface area contributed by atoms with Gasteiger partial charge in [0.15, 0.2) is 0 Å². The van der Waals surface area contributed by atoms with Crippen LogP contribution in [0.5, 0.6) is 5.75 Å². The molecular formula is C23H29N5O5. The van der Waals surface area contributed by atoms with Gasteiger partial charge in [-0.1, -0.05) is 5.21 Å². The maximum atomic E-state index is 12.4. The molecule has 1 amide bonds. The third kappa shape index (κ3) is 3.91. The van der Waals surface area contributed by atoms with Gasteiger partial charge in [-0.15, -0.1) is 5.10 Å². The molecule has 3 fully saturated rings. The number of carboxylic acids is 1. The van der Waals surface area contributed by atoms with Gasteiger partial charge in [0.2, 0.25) is 0 Å². The maximum Gasteiger partial charge on any atom is 0.410 e. The average molecular weight is 456 g/mol. The van der Waals surface area contributed by atoms with E-state index in [0.717, 1.165) is 32.1 Å². The molecule has 1 unspecified atom stereocenters. The van der Waals surface area contributed by atoms with Crippen molar-refractivity contribution >= 4 is 12.1 Å². The van der Waals surface area contributed by atoms with Gasteiger partial charge in [-0.25, -0.2) is 14.5 Å². The van der Waals surface area contributed by atoms with Gasteiger partial charge < -0.3 is 19.5 Å². The Balaban J connectivity index is 1.27. The summed E-state index contributed by atoms with van der Waals surface area (Å²) >= 11 is 0. The molecule has 33 heavy (non-hydrogen) atoms. The second-order valence-electron chi connectivity index (χ2n) is 9.38. The first-order valence-corrected chi connectivity index (χ1v) is 11.5. The van der Waals surface area contributed by atoms with Crippen LogP contribution in [0.25, 0.3) is 11.4 Å². The van der Waals surface area contributed by atoms with Crippen LogP contribution in [-0.4, -0.2) is 61.2 Å². The Bertz CT molecular complexity index is 1080. The van der Waals surface area contributed by atoms with E-state index < -0.39 is 5.97 Å². The Kier molecular flexibility index (Phi) is 5.46. The van der Waals surface area contributed by atoms with Crippen LogP contribution in [0.3, 0.4) is 0 Å². The molecule has 0 saturated heterocycles. The molecule has 10 nitrogen and oxygen atoms in total. The lowest BCUT2D eigenvalue weighted by molar-refractivity contribution is -0.139. The number of hydrogen-bond acceptors (Lipinski definition) is 7. The summed E-state index contributed by atoms with van der Waals surface area (Å²) in [6, 6.07) is 3.92. The van der Waals surface area contributed by atoms with Gasteiger partial charge in [-0.05, 0) is 57.1 Å². The zero-order valence-electron chi connectivity index (χ0n) is 19.1. The molecule has 0 spiro atoms. The largest absolute Gasteiger partial charge is 0.488 e. The fraction of sp³-hybridized carbons (Fsp3) is 0.609. The molecule has 2 heterocycles. The number of fused-ring (bicyclic) bond motifs is 1. The summed E-state index contributed by atoms with van der Waals surface area (Å²) in [6.45, 7) is 1.91. The third-order valence-corrected chi connectivity index (χ3v) is 7.47. The lowest BCUT2D eigenvalue weighted by Crippen LogP contribution is -2.41. The van der Waals surface area contributed by atoms with E-state index in [2.05, 4.69) is 15.3 Å². The van der Waals surface area contributed by atoms with E-state index in [9.17, 15) is 14.7 Å². The van der Waals surface area contributed by atoms with Crippen molar-refractivity contribution in [2.75, 3.05) is 7.05 Å². The van der Waals surface area contributed by atoms with Crippen molar-refractivity contribution in [2.24, 2.45) is 24.8 Å². The molecule has 3 aliphatic carbocycles. The molecule has 1 N–H and O–H groups in total. The Morgan fingerprint density at radius 2 is 2.03 bits per heavy atom. The molecule has 0 aliphatic heterocycles. The summed E-state index contributed by atoms with van der Waals surface area (Å²) < 4.78 is 13.3. The second kappa shape index (κ2) is 8.31. The molecule has 3 aliphatic rings. The maximum absolute atomic E-state index is 12.4. The number of aliphatic carboxylic acids is 1. The molecule has 3 saturated carbocycles. The number of aryl methyl sites for hydroxylation is 2. The highest BCUT2D eigenvalue weighted by Gasteiger charge is 2.63. The topological polar surface area (TPSA) is 120 Å². The number of rotatable bonds is 7. The highest BCUT2D eigenvalue weighted by atomic mass is 16.6. The molecule has 4 atom stereocenters. The number of nitrogens with zero attached hydrogens (tertiary/aromatic N) is 5. The second-order valence-corrected chi connectivity index (χ2v) is 9.38. The molecule has 0 radical (unpaired) electrons. The molecule has 0 bridgehead atoms. The monoisotopic (exact) mass is 455 g/mol. The molecule has 10 heteroatoms. The summed E-state index contributed by atoms with van der Waals surface area (Å²) in [6.07, 6.45) is 4.51. The van der Waals surface area contributed by atoms with Crippen molar-refractivity contribution in [1.82, 2.24) is 24.9 Å². The van der Waals surface area contributed by atoms with Gasteiger partial charge in [-0.3, -0.25) is 4.79 Å². The van der Waals surface area contributed by atoms with E-state index >= 15 is 0 Å². The molecule has 176 valence electrons. The smallest absolute Gasteiger partial charge is 0.410 e. The standard InChI is InChI=1S/C23H29N5O5/c1-12-17(33-18-9-7-14-19(18)20(14)22(29)30)10-8-15(24-12)21-16(28(3)26-25-21)11-32-23(31)27(2)13-5-4-6-13/h8,10,13-14,18-20H,4-7,9,11H2,1-3H3,(H,29,30)/t14-,18-,19-,20?/m1/s1. The number of carboxylic acid groups (broad SMARTS) is 1. The van der Waals surface area contributed by atoms with Crippen molar-refractivity contribution in [3.05, 3.63) is 23.5 Å². The van der Waals surface area contributed by atoms with Crippen molar-refractivity contribution in [3.8, 4) is 17.1 Å². The number of hydrogen-bond donors (Lipinski definition) is 1. The van der Waals surface area contributed by atoms with Gasteiger partial charge in [0.1, 0.15) is 29.8 Å². The van der Waals surface area contributed by atoms with Crippen LogP contribution in [0.4, 0.5) is 4.79 Å². The van der Waals surface area contributed by atoms with Crippen LogP contribution in [0, 0.1) is 24.7 Å². The van der Waals surface area contributed by atoms with Crippen LogP contribution in [0.2, 0.25) is 0 Å². The quantitative estimate of drug-likeness (QED) is 0.677. The zero-order valence-corrected chi connectivity index (χ0v) is 19.1. The summed E-state index contributed by atoms with van der Waals surface area (Å²) in [5, 5.41) is 17.6. The number of aromatic nitrogens is 4. The number of carbonyl (C=O) groups is 2. The highest BCUT2D eigenvalue weighted by molar-refractivity contribution is 5.75. The first-order valence-electron chi connectivity index (χ1n) is 11.5. The molecule has 5 rings (SSSR count). The normalized spacial score (nSPS) is 25.8. The van der Waals surface area contributed by atoms with Gasteiger partial charge >= 0.3 is 12.1 Å². The predicted molar refractivity (Wildman–Crippen MR) is 116 cm³/mol. The summed E-state index contributed by atoms with van der Waals surface area (Å²) in [5.74, 6) is -0.00340. The Morgan fingerprint density at radius 1 is 1.24 bits per heavy atom. The van der Waals surface area contributed by atoms with E-state index in [0.29, 0.717) is 28.5 Å². The molecule has 0 aromatic carbocycles. The zero-order chi connectivity index (χ0) is 23.3. The average Bonchev–Trinajstić information content (AvgIpc) is 3.16. The van der Waals surface area contributed by atoms with E-state index in [1.54, 1.807) is 23.7 Å². The van der Waals surface area contributed by atoms with Crippen LogP contribution in [0.1, 0.15) is 43.5 Å².